The number of anilines is 1. The van der Waals surface area contributed by atoms with Gasteiger partial charge in [0.1, 0.15) is 6.04 Å². The summed E-state index contributed by atoms with van der Waals surface area (Å²) in [5, 5.41) is 9.20. The van der Waals surface area contributed by atoms with Gasteiger partial charge in [0.15, 0.2) is 0 Å². The number of benzene rings is 1. The third kappa shape index (κ3) is 6.18. The molecule has 3 amide bonds. The van der Waals surface area contributed by atoms with Gasteiger partial charge >= 0.3 is 0 Å². The summed E-state index contributed by atoms with van der Waals surface area (Å²) in [4.78, 5) is 48.6. The van der Waals surface area contributed by atoms with E-state index < -0.39 is 22.6 Å². The van der Waals surface area contributed by atoms with Crippen molar-refractivity contribution in [2.24, 2.45) is 11.8 Å². The molecule has 0 aliphatic carbocycles. The lowest BCUT2D eigenvalue weighted by atomic mass is 9.70. The normalized spacial score (nSPS) is 28.0. The van der Waals surface area contributed by atoms with Crippen LogP contribution in [0.3, 0.4) is 0 Å². The molecular weight excluding hydrogens is 602 g/mol. The fraction of sp³-hybridized carbons (Fsp3) is 0.594. The molecule has 4 rings (SSSR count). The number of thioether (sulfide) groups is 1. The van der Waals surface area contributed by atoms with Crippen LogP contribution in [-0.2, 0) is 14.4 Å². The molecule has 1 spiro atoms. The molecule has 41 heavy (non-hydrogen) atoms. The Morgan fingerprint density at radius 1 is 1.10 bits per heavy atom. The average Bonchev–Trinajstić information content (AvgIpc) is 3.56. The predicted molar refractivity (Wildman–Crippen MR) is 170 cm³/mol. The molecule has 7 nitrogen and oxygen atoms in total. The molecule has 3 saturated heterocycles. The van der Waals surface area contributed by atoms with Gasteiger partial charge in [0.2, 0.25) is 17.7 Å². The molecule has 3 heterocycles. The van der Waals surface area contributed by atoms with E-state index in [4.69, 9.17) is 0 Å². The van der Waals surface area contributed by atoms with Crippen molar-refractivity contribution in [1.82, 2.24) is 9.80 Å². The third-order valence-corrected chi connectivity index (χ3v) is 11.9. The number of nitrogens with zero attached hydrogens (tertiary/aromatic N) is 3. The molecule has 1 aromatic rings. The Balaban J connectivity index is 1.72. The summed E-state index contributed by atoms with van der Waals surface area (Å²) in [5.74, 6) is -1.32. The minimum atomic E-state index is -0.676. The van der Waals surface area contributed by atoms with Gasteiger partial charge in [-0.15, -0.1) is 24.9 Å². The van der Waals surface area contributed by atoms with Crippen molar-refractivity contribution in [3.63, 3.8) is 0 Å². The van der Waals surface area contributed by atoms with Crippen LogP contribution in [0.4, 0.5) is 5.69 Å². The Morgan fingerprint density at radius 3 is 2.49 bits per heavy atom. The van der Waals surface area contributed by atoms with E-state index >= 15 is 0 Å². The number of para-hydroxylation sites is 1. The molecule has 3 aliphatic rings. The van der Waals surface area contributed by atoms with E-state index in [1.54, 1.807) is 33.7 Å². The van der Waals surface area contributed by atoms with Crippen LogP contribution in [0.15, 0.2) is 55.6 Å². The molecule has 0 saturated carbocycles. The summed E-state index contributed by atoms with van der Waals surface area (Å²) >= 11 is 5.56. The average molecular weight is 647 g/mol. The number of amides is 3. The molecule has 6 atom stereocenters. The van der Waals surface area contributed by atoms with E-state index in [-0.39, 0.29) is 34.4 Å². The lowest BCUT2D eigenvalue weighted by molar-refractivity contribution is -0.142. The van der Waals surface area contributed by atoms with Gasteiger partial charge < -0.3 is 19.8 Å². The number of unbranched alkanes of at least 4 members (excludes halogenated alkanes) is 4. The van der Waals surface area contributed by atoms with Crippen molar-refractivity contribution >= 4 is 51.1 Å². The van der Waals surface area contributed by atoms with Gasteiger partial charge in [-0.3, -0.25) is 14.4 Å². The molecule has 2 bridgehead atoms. The second kappa shape index (κ2) is 14.4. The number of carbonyl (C=O) groups excluding carboxylic acids is 3. The van der Waals surface area contributed by atoms with Crippen LogP contribution >= 0.6 is 27.7 Å². The van der Waals surface area contributed by atoms with Crippen molar-refractivity contribution in [3.05, 3.63) is 55.6 Å². The maximum atomic E-state index is 14.4. The number of aliphatic hydroxyl groups is 1. The van der Waals surface area contributed by atoms with Crippen LogP contribution in [0.5, 0.6) is 0 Å². The largest absolute Gasteiger partial charge is 0.396 e. The maximum Gasteiger partial charge on any atom is 0.247 e. The Hall–Kier alpha value is -2.10. The highest BCUT2D eigenvalue weighted by molar-refractivity contribution is 9.09. The van der Waals surface area contributed by atoms with Crippen molar-refractivity contribution in [2.75, 3.05) is 37.7 Å². The molecule has 3 aliphatic heterocycles. The lowest BCUT2D eigenvalue weighted by Crippen LogP contribution is -2.56. The minimum Gasteiger partial charge on any atom is -0.396 e. The van der Waals surface area contributed by atoms with Crippen LogP contribution in [0.25, 0.3) is 0 Å². The monoisotopic (exact) mass is 645 g/mol. The highest BCUT2D eigenvalue weighted by atomic mass is 79.9. The molecule has 1 N–H and O–H groups in total. The van der Waals surface area contributed by atoms with E-state index in [0.29, 0.717) is 45.4 Å². The zero-order valence-electron chi connectivity index (χ0n) is 24.1. The quantitative estimate of drug-likeness (QED) is 0.155. The molecule has 224 valence electrons. The van der Waals surface area contributed by atoms with Crippen LogP contribution in [0, 0.1) is 11.8 Å². The summed E-state index contributed by atoms with van der Waals surface area (Å²) in [6, 6.07) is 8.90. The van der Waals surface area contributed by atoms with Gasteiger partial charge in [-0.05, 0) is 44.2 Å². The van der Waals surface area contributed by atoms with Gasteiger partial charge in [-0.1, -0.05) is 66.0 Å². The van der Waals surface area contributed by atoms with Crippen molar-refractivity contribution in [1.29, 1.82) is 0 Å². The zero-order valence-corrected chi connectivity index (χ0v) is 26.5. The smallest absolute Gasteiger partial charge is 0.247 e. The first kappa shape index (κ1) is 31.8. The van der Waals surface area contributed by atoms with Crippen LogP contribution in [-0.4, -0.2) is 86.3 Å². The van der Waals surface area contributed by atoms with Gasteiger partial charge in [0, 0.05) is 48.6 Å². The number of halogens is 1. The topological polar surface area (TPSA) is 81.2 Å². The fourth-order valence-electron chi connectivity index (χ4n) is 6.91. The summed E-state index contributed by atoms with van der Waals surface area (Å²) < 4.78 is -0.676. The number of hydrogen-bond acceptors (Lipinski definition) is 5. The van der Waals surface area contributed by atoms with Crippen LogP contribution in [0.2, 0.25) is 0 Å². The Bertz CT molecular complexity index is 1100. The summed E-state index contributed by atoms with van der Waals surface area (Å²) in [6.07, 6.45) is 9.24. The standard InChI is InChI=1S/C32H44BrN3O4S/c1-4-7-12-19-34(17-5-2)31(40)28-32-22-24(33)27(41-32)25(26(32)30(39)36(28)20-13-9-14-21-37)29(38)35(18-6-3)23-15-10-8-11-16-23/h5-6,8,10-11,15-16,24-28,37H,2-4,7,9,12-14,17-22H2,1H3/t24?,25-,26+,27-,28?,32?/m1/s1. The second-order valence-electron chi connectivity index (χ2n) is 11.3. The predicted octanol–water partition coefficient (Wildman–Crippen LogP) is 5.04. The number of rotatable bonds is 16. The third-order valence-electron chi connectivity index (χ3n) is 8.70. The summed E-state index contributed by atoms with van der Waals surface area (Å²) in [6.45, 7) is 11.9. The van der Waals surface area contributed by atoms with Crippen molar-refractivity contribution in [2.45, 2.75) is 72.7 Å². The van der Waals surface area contributed by atoms with E-state index in [1.165, 1.54) is 0 Å². The van der Waals surface area contributed by atoms with Gasteiger partial charge in [0.05, 0.1) is 16.6 Å². The molecule has 0 aromatic heterocycles. The van der Waals surface area contributed by atoms with Crippen molar-refractivity contribution < 1.29 is 19.5 Å². The van der Waals surface area contributed by atoms with Crippen LogP contribution < -0.4 is 4.90 Å². The minimum absolute atomic E-state index is 0.0180. The summed E-state index contributed by atoms with van der Waals surface area (Å²) in [5.41, 5.74) is 0.775. The lowest BCUT2D eigenvalue weighted by Gasteiger charge is -2.38. The first-order chi connectivity index (χ1) is 19.9. The van der Waals surface area contributed by atoms with E-state index in [2.05, 4.69) is 36.0 Å². The molecule has 1 aromatic carbocycles. The molecule has 0 radical (unpaired) electrons. The number of aliphatic hydroxyl groups excluding tert-OH is 1. The Morgan fingerprint density at radius 2 is 1.83 bits per heavy atom. The number of fused-ring (bicyclic) bond motifs is 1. The maximum absolute atomic E-state index is 14.4. The highest BCUT2D eigenvalue weighted by Crippen LogP contribution is 2.68. The van der Waals surface area contributed by atoms with Gasteiger partial charge in [0.25, 0.3) is 0 Å². The molecule has 9 heteroatoms. The molecule has 3 unspecified atom stereocenters. The second-order valence-corrected chi connectivity index (χ2v) is 14.0. The first-order valence-corrected chi connectivity index (χ1v) is 16.8. The molecule has 3 fully saturated rings. The number of alkyl halides is 1. The molecular formula is C32H44BrN3O4S. The highest BCUT2D eigenvalue weighted by Gasteiger charge is 2.76. The fourth-order valence-corrected chi connectivity index (χ4v) is 10.5. The first-order valence-electron chi connectivity index (χ1n) is 15.0. The summed E-state index contributed by atoms with van der Waals surface area (Å²) in [7, 11) is 0. The van der Waals surface area contributed by atoms with Gasteiger partial charge in [-0.25, -0.2) is 0 Å². The van der Waals surface area contributed by atoms with E-state index in [0.717, 1.165) is 31.4 Å². The number of hydrogen-bond donors (Lipinski definition) is 1. The van der Waals surface area contributed by atoms with E-state index in [1.807, 2.05) is 35.2 Å². The SMILES string of the molecule is C=CCN(CCCCC)C(=O)C1N(CCCCCO)C(=O)[C@@H]2[C@@H](C(=O)N(CC=C)c3ccccc3)[C@@H]3SC12CC3Br. The van der Waals surface area contributed by atoms with Crippen molar-refractivity contribution in [3.8, 4) is 0 Å². The van der Waals surface area contributed by atoms with E-state index in [9.17, 15) is 19.5 Å². The number of carbonyl (C=O) groups is 3. The Labute approximate surface area is 257 Å². The zero-order chi connectivity index (χ0) is 29.6. The number of likely N-dealkylation sites (tertiary alicyclic amines) is 1. The Kier molecular flexibility index (Phi) is 11.2. The van der Waals surface area contributed by atoms with Gasteiger partial charge in [-0.2, -0.15) is 0 Å². The van der Waals surface area contributed by atoms with Crippen LogP contribution in [0.1, 0.15) is 51.9 Å².